The summed E-state index contributed by atoms with van der Waals surface area (Å²) >= 11 is 1.58. The quantitative estimate of drug-likeness (QED) is 0.736. The fraction of sp³-hybridized carbons (Fsp3) is 0.333. The molecular formula is C15H21N5OS. The minimum atomic E-state index is -0.114. The summed E-state index contributed by atoms with van der Waals surface area (Å²) in [6.07, 6.45) is 7.65. The molecule has 22 heavy (non-hydrogen) atoms. The van der Waals surface area contributed by atoms with Crippen molar-refractivity contribution in [2.24, 2.45) is 12.8 Å². The van der Waals surface area contributed by atoms with E-state index in [0.29, 0.717) is 13.1 Å². The maximum absolute atomic E-state index is 11.7. The zero-order valence-corrected chi connectivity index (χ0v) is 13.8. The number of thiazole rings is 1. The molecule has 0 atom stereocenters. The summed E-state index contributed by atoms with van der Waals surface area (Å²) < 4.78 is 1.59. The van der Waals surface area contributed by atoms with E-state index in [2.05, 4.69) is 15.3 Å². The summed E-state index contributed by atoms with van der Waals surface area (Å²) in [6.45, 7) is 5.22. The Bertz CT molecular complexity index is 840. The van der Waals surface area contributed by atoms with Crippen LogP contribution in [-0.4, -0.2) is 27.6 Å². The summed E-state index contributed by atoms with van der Waals surface area (Å²) in [5.41, 5.74) is 6.43. The molecule has 4 N–H and O–H groups in total. The van der Waals surface area contributed by atoms with Crippen LogP contribution in [0.25, 0.3) is 17.7 Å². The molecule has 0 spiro atoms. The van der Waals surface area contributed by atoms with Gasteiger partial charge in [0.25, 0.3) is 0 Å². The minimum Gasteiger partial charge on any atom is -0.360 e. The summed E-state index contributed by atoms with van der Waals surface area (Å²) in [6, 6.07) is 0. The third kappa shape index (κ3) is 3.55. The average molecular weight is 319 g/mol. The third-order valence-corrected chi connectivity index (χ3v) is 4.36. The highest BCUT2D eigenvalue weighted by Gasteiger charge is 2.02. The lowest BCUT2D eigenvalue weighted by molar-refractivity contribution is 0.835. The lowest BCUT2D eigenvalue weighted by Crippen LogP contribution is -2.29. The third-order valence-electron chi connectivity index (χ3n) is 3.27. The molecule has 0 aliphatic rings. The van der Waals surface area contributed by atoms with Gasteiger partial charge in [0.15, 0.2) is 5.13 Å². The molecule has 0 saturated carbocycles. The van der Waals surface area contributed by atoms with E-state index in [-0.39, 0.29) is 5.69 Å². The van der Waals surface area contributed by atoms with Gasteiger partial charge in [-0.2, -0.15) is 0 Å². The summed E-state index contributed by atoms with van der Waals surface area (Å²) in [7, 11) is 1.75. The number of hydrogen-bond donors (Lipinski definition) is 3. The van der Waals surface area contributed by atoms with Crippen molar-refractivity contribution in [2.75, 3.05) is 18.4 Å². The van der Waals surface area contributed by atoms with Crippen LogP contribution < -0.4 is 27.4 Å². The van der Waals surface area contributed by atoms with Gasteiger partial charge < -0.3 is 16.0 Å². The summed E-state index contributed by atoms with van der Waals surface area (Å²) in [4.78, 5) is 19.9. The van der Waals surface area contributed by atoms with E-state index < -0.39 is 0 Å². The van der Waals surface area contributed by atoms with Crippen LogP contribution >= 0.6 is 11.3 Å². The lowest BCUT2D eigenvalue weighted by atomic mass is 10.2. The zero-order chi connectivity index (χ0) is 16.1. The predicted molar refractivity (Wildman–Crippen MR) is 93.2 cm³/mol. The van der Waals surface area contributed by atoms with Gasteiger partial charge >= 0.3 is 5.69 Å². The Morgan fingerprint density at radius 3 is 3.05 bits per heavy atom. The number of imidazole rings is 1. The van der Waals surface area contributed by atoms with Gasteiger partial charge in [-0.15, -0.1) is 0 Å². The fourth-order valence-electron chi connectivity index (χ4n) is 2.04. The normalized spacial score (nSPS) is 13.9. The number of nitrogens with one attached hydrogen (secondary N) is 2. The molecule has 0 saturated heterocycles. The molecule has 0 amide bonds. The molecule has 0 aliphatic carbocycles. The molecule has 7 heteroatoms. The van der Waals surface area contributed by atoms with Crippen LogP contribution in [-0.2, 0) is 7.05 Å². The van der Waals surface area contributed by atoms with Crippen molar-refractivity contribution in [1.29, 1.82) is 0 Å². The number of nitrogens with two attached hydrogens (primary N) is 1. The Kier molecular flexibility index (Phi) is 5.35. The molecule has 2 aromatic rings. The van der Waals surface area contributed by atoms with Crippen molar-refractivity contribution in [3.63, 3.8) is 0 Å². The van der Waals surface area contributed by atoms with Crippen molar-refractivity contribution >= 4 is 34.2 Å². The van der Waals surface area contributed by atoms with E-state index in [1.54, 1.807) is 23.0 Å². The number of nitrogens with zero attached hydrogens (tertiary/aromatic N) is 2. The lowest BCUT2D eigenvalue weighted by Gasteiger charge is -1.97. The largest absolute Gasteiger partial charge is 0.360 e. The first-order valence-electron chi connectivity index (χ1n) is 7.07. The maximum Gasteiger partial charge on any atom is 0.326 e. The highest BCUT2D eigenvalue weighted by Crippen LogP contribution is 2.24. The number of aromatic amines is 1. The highest BCUT2D eigenvalue weighted by molar-refractivity contribution is 7.16. The fourth-order valence-corrected chi connectivity index (χ4v) is 2.86. The van der Waals surface area contributed by atoms with Gasteiger partial charge in [0, 0.05) is 26.3 Å². The number of rotatable bonds is 5. The molecular weight excluding hydrogens is 298 g/mol. The smallest absolute Gasteiger partial charge is 0.326 e. The summed E-state index contributed by atoms with van der Waals surface area (Å²) in [5.74, 6) is 0. The second-order valence-electron chi connectivity index (χ2n) is 4.84. The Labute approximate surface area is 132 Å². The van der Waals surface area contributed by atoms with Crippen LogP contribution in [0.4, 0.5) is 5.13 Å². The maximum atomic E-state index is 11.7. The number of H-pyrrole nitrogens is 1. The van der Waals surface area contributed by atoms with Crippen molar-refractivity contribution in [3.8, 4) is 0 Å². The first kappa shape index (κ1) is 16.3. The molecule has 6 nitrogen and oxygen atoms in total. The van der Waals surface area contributed by atoms with E-state index in [1.165, 1.54) is 0 Å². The minimum absolute atomic E-state index is 0.114. The van der Waals surface area contributed by atoms with Gasteiger partial charge in [-0.3, -0.25) is 4.57 Å². The van der Waals surface area contributed by atoms with Gasteiger partial charge in [0.1, 0.15) is 0 Å². The molecule has 0 fully saturated rings. The standard InChI is InChI=1S/C15H21N5OS/c1-4-12-11(19-15(21)20(12)3)6-5-10(2)13-9-18-14(22-13)17-8-7-16/h4-6,9H,7-8,16H2,1-3H3,(H,17,18)(H,19,21)/b10-5+,11-6+,12-4+. The van der Waals surface area contributed by atoms with Crippen LogP contribution in [0.15, 0.2) is 17.1 Å². The Morgan fingerprint density at radius 1 is 1.59 bits per heavy atom. The number of anilines is 1. The van der Waals surface area contributed by atoms with Crippen LogP contribution in [0.1, 0.15) is 18.7 Å². The van der Waals surface area contributed by atoms with E-state index in [0.717, 1.165) is 26.3 Å². The van der Waals surface area contributed by atoms with Crippen molar-refractivity contribution in [2.45, 2.75) is 13.8 Å². The Morgan fingerprint density at radius 2 is 2.36 bits per heavy atom. The van der Waals surface area contributed by atoms with Gasteiger partial charge in [-0.05, 0) is 25.5 Å². The van der Waals surface area contributed by atoms with Crippen LogP contribution in [0.3, 0.4) is 0 Å². The number of aromatic nitrogens is 3. The topological polar surface area (TPSA) is 88.7 Å². The van der Waals surface area contributed by atoms with E-state index in [4.69, 9.17) is 5.73 Å². The van der Waals surface area contributed by atoms with Crippen molar-refractivity contribution < 1.29 is 0 Å². The number of allylic oxidation sites excluding steroid dienone is 2. The first-order valence-corrected chi connectivity index (χ1v) is 7.88. The molecule has 2 rings (SSSR count). The second kappa shape index (κ2) is 7.24. The number of hydrogen-bond acceptors (Lipinski definition) is 5. The van der Waals surface area contributed by atoms with Gasteiger partial charge in [0.05, 0.1) is 15.6 Å². The van der Waals surface area contributed by atoms with Crippen molar-refractivity contribution in [3.05, 3.63) is 38.3 Å². The van der Waals surface area contributed by atoms with Gasteiger partial charge in [-0.1, -0.05) is 23.5 Å². The van der Waals surface area contributed by atoms with Crippen molar-refractivity contribution in [1.82, 2.24) is 14.5 Å². The highest BCUT2D eigenvalue weighted by atomic mass is 32.1. The van der Waals surface area contributed by atoms with Gasteiger partial charge in [-0.25, -0.2) is 9.78 Å². The first-order chi connectivity index (χ1) is 10.6. The Balaban J connectivity index is 2.30. The average Bonchev–Trinajstić information content (AvgIpc) is 3.08. The van der Waals surface area contributed by atoms with Crippen LogP contribution in [0, 0.1) is 0 Å². The molecule has 2 heterocycles. The van der Waals surface area contributed by atoms with E-state index >= 15 is 0 Å². The zero-order valence-electron chi connectivity index (χ0n) is 13.0. The molecule has 0 radical (unpaired) electrons. The van der Waals surface area contributed by atoms with Gasteiger partial charge in [0.2, 0.25) is 0 Å². The predicted octanol–water partition coefficient (Wildman–Crippen LogP) is 0.225. The van der Waals surface area contributed by atoms with E-state index in [1.807, 2.05) is 38.3 Å². The molecule has 0 aliphatic heterocycles. The van der Waals surface area contributed by atoms with Crippen LogP contribution in [0.5, 0.6) is 0 Å². The molecule has 0 aromatic carbocycles. The van der Waals surface area contributed by atoms with Crippen LogP contribution in [0.2, 0.25) is 0 Å². The Hall–Kier alpha value is -2.12. The molecule has 0 unspecified atom stereocenters. The SMILES string of the molecule is C\C=c1/c(=C\C=C(/C)c2cnc(NCCN)s2)[nH]c(=O)n1C. The molecule has 2 aromatic heterocycles. The molecule has 118 valence electrons. The summed E-state index contributed by atoms with van der Waals surface area (Å²) in [5, 5.41) is 5.71. The second-order valence-corrected chi connectivity index (χ2v) is 5.87. The van der Waals surface area contributed by atoms with E-state index in [9.17, 15) is 4.79 Å². The monoisotopic (exact) mass is 319 g/mol. The molecule has 0 bridgehead atoms.